The summed E-state index contributed by atoms with van der Waals surface area (Å²) in [5.41, 5.74) is 0. The molecule has 1 unspecified atom stereocenters. The third kappa shape index (κ3) is 13.0. The van der Waals surface area contributed by atoms with E-state index >= 15 is 0 Å². The monoisotopic (exact) mass is 380 g/mol. The Balaban J connectivity index is 5.02. The molecule has 0 heterocycles. The van der Waals surface area contributed by atoms with Crippen molar-refractivity contribution in [3.8, 4) is 11.8 Å². The molecule has 0 N–H and O–H groups in total. The highest BCUT2D eigenvalue weighted by atomic mass is 28.4. The topological polar surface area (TPSA) is 9.23 Å². The molecule has 0 aliphatic carbocycles. The summed E-state index contributed by atoms with van der Waals surface area (Å²) in [5.74, 6) is 6.47. The molecule has 0 saturated carbocycles. The zero-order valence-corrected chi connectivity index (χ0v) is 19.8. The van der Waals surface area contributed by atoms with Gasteiger partial charge in [0.15, 0.2) is 8.32 Å². The third-order valence-electron chi connectivity index (χ3n) is 5.53. The smallest absolute Gasteiger partial charge is 0.194 e. The molecule has 1 atom stereocenters. The molecule has 0 aliphatic rings. The first-order valence-electron chi connectivity index (χ1n) is 11.8. The SMILES string of the molecule is CC#CC(CC)O[Si](CCCCCC)(CCCCCC)CCCCCC. The average Bonchev–Trinajstić information content (AvgIpc) is 2.65. The lowest BCUT2D eigenvalue weighted by molar-refractivity contribution is 0.232. The summed E-state index contributed by atoms with van der Waals surface area (Å²) >= 11 is 0. The maximum Gasteiger partial charge on any atom is 0.194 e. The van der Waals surface area contributed by atoms with Crippen LogP contribution in [0.2, 0.25) is 18.1 Å². The minimum Gasteiger partial charge on any atom is -0.403 e. The lowest BCUT2D eigenvalue weighted by Gasteiger charge is -2.34. The van der Waals surface area contributed by atoms with Gasteiger partial charge in [-0.15, -0.1) is 5.92 Å². The first-order valence-corrected chi connectivity index (χ1v) is 14.3. The summed E-state index contributed by atoms with van der Waals surface area (Å²) in [6, 6.07) is 4.10. The van der Waals surface area contributed by atoms with Crippen LogP contribution in [0.5, 0.6) is 0 Å². The van der Waals surface area contributed by atoms with E-state index in [0.717, 1.165) is 6.42 Å². The molecular formula is C24H48OSi. The van der Waals surface area contributed by atoms with Gasteiger partial charge < -0.3 is 4.43 Å². The quantitative estimate of drug-likeness (QED) is 0.131. The van der Waals surface area contributed by atoms with Crippen molar-refractivity contribution < 1.29 is 4.43 Å². The largest absolute Gasteiger partial charge is 0.403 e. The van der Waals surface area contributed by atoms with Gasteiger partial charge in [-0.05, 0) is 31.5 Å². The molecule has 2 heteroatoms. The maximum atomic E-state index is 6.93. The van der Waals surface area contributed by atoms with Gasteiger partial charge in [-0.2, -0.15) is 0 Å². The van der Waals surface area contributed by atoms with Crippen molar-refractivity contribution in [3.63, 3.8) is 0 Å². The molecule has 0 bridgehead atoms. The van der Waals surface area contributed by atoms with Gasteiger partial charge in [0.1, 0.15) is 6.10 Å². The van der Waals surface area contributed by atoms with Crippen molar-refractivity contribution in [2.45, 2.75) is 142 Å². The summed E-state index contributed by atoms with van der Waals surface area (Å²) in [7, 11) is -1.67. The first kappa shape index (κ1) is 25.7. The van der Waals surface area contributed by atoms with E-state index < -0.39 is 8.32 Å². The minimum absolute atomic E-state index is 0.176. The summed E-state index contributed by atoms with van der Waals surface area (Å²) < 4.78 is 6.93. The molecular weight excluding hydrogens is 332 g/mol. The van der Waals surface area contributed by atoms with Gasteiger partial charge in [0, 0.05) is 0 Å². The van der Waals surface area contributed by atoms with Crippen LogP contribution in [0.3, 0.4) is 0 Å². The molecule has 0 amide bonds. The second kappa shape index (κ2) is 18.1. The molecule has 154 valence electrons. The molecule has 0 saturated heterocycles. The molecule has 0 aromatic rings. The van der Waals surface area contributed by atoms with Crippen LogP contribution in [-0.2, 0) is 4.43 Å². The van der Waals surface area contributed by atoms with E-state index in [1.165, 1.54) is 95.2 Å². The highest BCUT2D eigenvalue weighted by molar-refractivity contribution is 6.73. The van der Waals surface area contributed by atoms with Crippen LogP contribution in [0.25, 0.3) is 0 Å². The predicted octanol–water partition coefficient (Wildman–Crippen LogP) is 8.49. The van der Waals surface area contributed by atoms with Crippen LogP contribution >= 0.6 is 0 Å². The Morgan fingerprint density at radius 2 is 1.08 bits per heavy atom. The number of unbranched alkanes of at least 4 members (excludes halogenated alkanes) is 9. The summed E-state index contributed by atoms with van der Waals surface area (Å²) in [6.07, 6.45) is 17.6. The normalized spacial score (nSPS) is 12.7. The Labute approximate surface area is 167 Å². The summed E-state index contributed by atoms with van der Waals surface area (Å²) in [5, 5.41) is 0. The molecule has 0 aromatic heterocycles. The van der Waals surface area contributed by atoms with Crippen molar-refractivity contribution in [2.75, 3.05) is 0 Å². The van der Waals surface area contributed by atoms with Crippen molar-refractivity contribution in [1.29, 1.82) is 0 Å². The second-order valence-corrected chi connectivity index (χ2v) is 12.1. The fourth-order valence-electron chi connectivity index (χ4n) is 3.85. The molecule has 1 nitrogen and oxygen atoms in total. The van der Waals surface area contributed by atoms with Gasteiger partial charge in [-0.1, -0.05) is 111 Å². The van der Waals surface area contributed by atoms with Gasteiger partial charge in [0.2, 0.25) is 0 Å². The van der Waals surface area contributed by atoms with E-state index in [0.29, 0.717) is 0 Å². The molecule has 0 aliphatic heterocycles. The summed E-state index contributed by atoms with van der Waals surface area (Å²) in [4.78, 5) is 0. The van der Waals surface area contributed by atoms with E-state index in [1.54, 1.807) is 0 Å². The van der Waals surface area contributed by atoms with E-state index in [4.69, 9.17) is 4.43 Å². The Hall–Kier alpha value is -0.263. The van der Waals surface area contributed by atoms with Crippen LogP contribution in [-0.4, -0.2) is 14.4 Å². The Morgan fingerprint density at radius 3 is 1.38 bits per heavy atom. The van der Waals surface area contributed by atoms with E-state index in [9.17, 15) is 0 Å². The summed E-state index contributed by atoms with van der Waals surface area (Å²) in [6.45, 7) is 11.1. The molecule has 0 radical (unpaired) electrons. The van der Waals surface area contributed by atoms with Gasteiger partial charge in [0.05, 0.1) is 0 Å². The Morgan fingerprint density at radius 1 is 0.654 bits per heavy atom. The van der Waals surface area contributed by atoms with Crippen LogP contribution < -0.4 is 0 Å². The molecule has 0 rings (SSSR count). The van der Waals surface area contributed by atoms with Crippen LogP contribution in [0.15, 0.2) is 0 Å². The van der Waals surface area contributed by atoms with Crippen molar-refractivity contribution in [2.24, 2.45) is 0 Å². The third-order valence-corrected chi connectivity index (χ3v) is 10.1. The molecule has 26 heavy (non-hydrogen) atoms. The highest BCUT2D eigenvalue weighted by Crippen LogP contribution is 2.32. The van der Waals surface area contributed by atoms with E-state index in [-0.39, 0.29) is 6.10 Å². The van der Waals surface area contributed by atoms with Gasteiger partial charge in [-0.3, -0.25) is 0 Å². The molecule has 0 spiro atoms. The van der Waals surface area contributed by atoms with Crippen molar-refractivity contribution in [1.82, 2.24) is 0 Å². The zero-order valence-electron chi connectivity index (χ0n) is 18.8. The van der Waals surface area contributed by atoms with Gasteiger partial charge in [0.25, 0.3) is 0 Å². The zero-order chi connectivity index (χ0) is 19.5. The predicted molar refractivity (Wildman–Crippen MR) is 121 cm³/mol. The second-order valence-electron chi connectivity index (χ2n) is 8.02. The fraction of sp³-hybridized carbons (Fsp3) is 0.917. The van der Waals surface area contributed by atoms with Crippen LogP contribution in [0, 0.1) is 11.8 Å². The Kier molecular flexibility index (Phi) is 17.9. The van der Waals surface area contributed by atoms with Crippen LogP contribution in [0.1, 0.15) is 118 Å². The van der Waals surface area contributed by atoms with Crippen molar-refractivity contribution >= 4 is 8.32 Å². The van der Waals surface area contributed by atoms with E-state index in [2.05, 4.69) is 39.5 Å². The van der Waals surface area contributed by atoms with Crippen molar-refractivity contribution in [3.05, 3.63) is 0 Å². The molecule has 0 aromatic carbocycles. The lowest BCUT2D eigenvalue weighted by atomic mass is 10.2. The number of hydrogen-bond acceptors (Lipinski definition) is 1. The highest BCUT2D eigenvalue weighted by Gasteiger charge is 2.35. The van der Waals surface area contributed by atoms with Gasteiger partial charge >= 0.3 is 0 Å². The minimum atomic E-state index is -1.67. The first-order chi connectivity index (χ1) is 12.7. The average molecular weight is 381 g/mol. The fourth-order valence-corrected chi connectivity index (χ4v) is 8.47. The molecule has 0 fully saturated rings. The van der Waals surface area contributed by atoms with E-state index in [1.807, 2.05) is 6.92 Å². The maximum absolute atomic E-state index is 6.93. The van der Waals surface area contributed by atoms with Gasteiger partial charge in [-0.25, -0.2) is 0 Å². The van der Waals surface area contributed by atoms with Crippen LogP contribution in [0.4, 0.5) is 0 Å². The Bertz CT molecular complexity index is 324. The standard InChI is InChI=1S/C24H48OSi/c1-6-11-14-17-21-26(22-18-15-12-7-2,23-19-16-13-8-3)25-24(10-5)20-9-4/h24H,6-8,10-19,21-23H2,1-5H3. The lowest BCUT2D eigenvalue weighted by Crippen LogP contribution is -2.41. The number of rotatable bonds is 18. The number of hydrogen-bond donors (Lipinski definition) is 0.